The average Bonchev–Trinajstić information content (AvgIpc) is 2.55. The van der Waals surface area contributed by atoms with E-state index in [0.29, 0.717) is 29.5 Å². The first-order chi connectivity index (χ1) is 11.5. The van der Waals surface area contributed by atoms with Crippen molar-refractivity contribution in [3.05, 3.63) is 59.2 Å². The van der Waals surface area contributed by atoms with Crippen LogP contribution in [0.25, 0.3) is 0 Å². The van der Waals surface area contributed by atoms with E-state index >= 15 is 0 Å². The molecule has 0 aromatic heterocycles. The van der Waals surface area contributed by atoms with Gasteiger partial charge < -0.3 is 14.9 Å². The zero-order valence-corrected chi connectivity index (χ0v) is 14.4. The Morgan fingerprint density at radius 2 is 1.92 bits per heavy atom. The van der Waals surface area contributed by atoms with Gasteiger partial charge in [0.25, 0.3) is 5.90 Å². The van der Waals surface area contributed by atoms with E-state index in [2.05, 4.69) is 10.5 Å². The molecule has 0 radical (unpaired) electrons. The number of ether oxygens (including phenoxy) is 1. The number of rotatable bonds is 5. The summed E-state index contributed by atoms with van der Waals surface area (Å²) >= 11 is 0. The normalized spacial score (nSPS) is 11.1. The lowest BCUT2D eigenvalue weighted by atomic mass is 10.1. The molecule has 0 atom stereocenters. The Morgan fingerprint density at radius 1 is 1.17 bits per heavy atom. The molecule has 1 amide bonds. The number of amides is 1. The van der Waals surface area contributed by atoms with Crippen molar-refractivity contribution in [2.45, 2.75) is 27.7 Å². The summed E-state index contributed by atoms with van der Waals surface area (Å²) in [5, 5.41) is 6.88. The van der Waals surface area contributed by atoms with Gasteiger partial charge in [-0.1, -0.05) is 24.3 Å². The molecule has 126 valence electrons. The SMILES string of the molecule is CCO/N=C(/Oc1cc(C)ccc1C)c1ccccc1NC(C)=O. The second-order valence-electron chi connectivity index (χ2n) is 5.41. The minimum absolute atomic E-state index is 0.162. The van der Waals surface area contributed by atoms with E-state index < -0.39 is 0 Å². The lowest BCUT2D eigenvalue weighted by molar-refractivity contribution is -0.114. The molecular formula is C19H22N2O3. The summed E-state index contributed by atoms with van der Waals surface area (Å²) in [5.41, 5.74) is 3.35. The van der Waals surface area contributed by atoms with E-state index in [1.54, 1.807) is 6.07 Å². The van der Waals surface area contributed by atoms with Gasteiger partial charge in [0.1, 0.15) is 12.4 Å². The highest BCUT2D eigenvalue weighted by Crippen LogP contribution is 2.23. The molecule has 2 aromatic carbocycles. The standard InChI is InChI=1S/C19H22N2O3/c1-5-23-21-19(24-18-12-13(2)10-11-14(18)3)16-8-6-7-9-17(16)20-15(4)22/h6-12H,5H2,1-4H3,(H,20,22)/b21-19+. The molecule has 5 nitrogen and oxygen atoms in total. The van der Waals surface area contributed by atoms with Crippen molar-refractivity contribution in [1.82, 2.24) is 0 Å². The Bertz CT molecular complexity index is 754. The van der Waals surface area contributed by atoms with Crippen LogP contribution in [0.3, 0.4) is 0 Å². The van der Waals surface area contributed by atoms with Crippen LogP contribution in [0, 0.1) is 13.8 Å². The van der Waals surface area contributed by atoms with Gasteiger partial charge >= 0.3 is 0 Å². The van der Waals surface area contributed by atoms with Crippen molar-refractivity contribution < 1.29 is 14.4 Å². The van der Waals surface area contributed by atoms with Gasteiger partial charge in [0, 0.05) is 6.92 Å². The van der Waals surface area contributed by atoms with Gasteiger partial charge in [-0.3, -0.25) is 4.79 Å². The molecule has 0 bridgehead atoms. The number of anilines is 1. The van der Waals surface area contributed by atoms with Gasteiger partial charge in [0.05, 0.1) is 11.3 Å². The number of benzene rings is 2. The van der Waals surface area contributed by atoms with Gasteiger partial charge in [-0.2, -0.15) is 0 Å². The van der Waals surface area contributed by atoms with Crippen LogP contribution >= 0.6 is 0 Å². The maximum atomic E-state index is 11.4. The van der Waals surface area contributed by atoms with Crippen molar-refractivity contribution >= 4 is 17.5 Å². The molecule has 0 aliphatic rings. The molecule has 2 aromatic rings. The predicted molar refractivity (Wildman–Crippen MR) is 95.5 cm³/mol. The van der Waals surface area contributed by atoms with Gasteiger partial charge in [-0.25, -0.2) is 0 Å². The number of carbonyl (C=O) groups is 1. The van der Waals surface area contributed by atoms with Crippen LogP contribution in [0.4, 0.5) is 5.69 Å². The topological polar surface area (TPSA) is 59.9 Å². The van der Waals surface area contributed by atoms with E-state index in [1.165, 1.54) is 6.92 Å². The van der Waals surface area contributed by atoms with Crippen molar-refractivity contribution in [2.75, 3.05) is 11.9 Å². The summed E-state index contributed by atoms with van der Waals surface area (Å²) in [7, 11) is 0. The summed E-state index contributed by atoms with van der Waals surface area (Å²) in [6, 6.07) is 13.3. The smallest absolute Gasteiger partial charge is 0.265 e. The number of nitrogens with zero attached hydrogens (tertiary/aromatic N) is 1. The first kappa shape index (κ1) is 17.5. The summed E-state index contributed by atoms with van der Waals surface area (Å²) in [6.45, 7) is 7.69. The first-order valence-corrected chi connectivity index (χ1v) is 7.83. The molecule has 2 rings (SSSR count). The Balaban J connectivity index is 2.43. The van der Waals surface area contributed by atoms with Crippen LogP contribution < -0.4 is 10.1 Å². The number of aryl methyl sites for hydroxylation is 2. The summed E-state index contributed by atoms with van der Waals surface area (Å²) in [5.74, 6) is 0.839. The third-order valence-corrected chi connectivity index (χ3v) is 3.30. The number of nitrogens with one attached hydrogen (secondary N) is 1. The van der Waals surface area contributed by atoms with Gasteiger partial charge in [-0.05, 0) is 55.3 Å². The van der Waals surface area contributed by atoms with E-state index in [4.69, 9.17) is 9.57 Å². The first-order valence-electron chi connectivity index (χ1n) is 7.83. The highest BCUT2D eigenvalue weighted by Gasteiger charge is 2.15. The second kappa shape index (κ2) is 8.15. The van der Waals surface area contributed by atoms with Crippen molar-refractivity contribution in [3.8, 4) is 5.75 Å². The maximum absolute atomic E-state index is 11.4. The van der Waals surface area contributed by atoms with Gasteiger partial charge in [0.2, 0.25) is 5.91 Å². The zero-order chi connectivity index (χ0) is 17.5. The molecule has 24 heavy (non-hydrogen) atoms. The lowest BCUT2D eigenvalue weighted by Crippen LogP contribution is -2.16. The van der Waals surface area contributed by atoms with Crippen LogP contribution in [0.5, 0.6) is 5.75 Å². The maximum Gasteiger partial charge on any atom is 0.265 e. The van der Waals surface area contributed by atoms with E-state index in [1.807, 2.05) is 57.2 Å². The fourth-order valence-electron chi connectivity index (χ4n) is 2.14. The molecule has 1 N–H and O–H groups in total. The Hall–Kier alpha value is -2.82. The molecule has 0 heterocycles. The van der Waals surface area contributed by atoms with Gasteiger partial charge in [0.15, 0.2) is 0 Å². The summed E-state index contributed by atoms with van der Waals surface area (Å²) < 4.78 is 6.01. The highest BCUT2D eigenvalue weighted by molar-refractivity contribution is 6.04. The van der Waals surface area contributed by atoms with E-state index in [0.717, 1.165) is 11.1 Å². The molecule has 0 aliphatic heterocycles. The molecule has 0 saturated heterocycles. The second-order valence-corrected chi connectivity index (χ2v) is 5.41. The largest absolute Gasteiger partial charge is 0.436 e. The van der Waals surface area contributed by atoms with E-state index in [9.17, 15) is 4.79 Å². The van der Waals surface area contributed by atoms with Crippen molar-refractivity contribution in [2.24, 2.45) is 5.16 Å². The summed E-state index contributed by atoms with van der Waals surface area (Å²) in [6.07, 6.45) is 0. The average molecular weight is 326 g/mol. The molecule has 0 spiro atoms. The van der Waals surface area contributed by atoms with Crippen LogP contribution in [-0.4, -0.2) is 18.4 Å². The Kier molecular flexibility index (Phi) is 5.95. The number of hydrogen-bond donors (Lipinski definition) is 1. The zero-order valence-electron chi connectivity index (χ0n) is 14.4. The number of hydrogen-bond acceptors (Lipinski definition) is 4. The fraction of sp³-hybridized carbons (Fsp3) is 0.263. The lowest BCUT2D eigenvalue weighted by Gasteiger charge is -2.14. The third kappa shape index (κ3) is 4.59. The minimum atomic E-state index is -0.162. The van der Waals surface area contributed by atoms with Crippen LogP contribution in [0.1, 0.15) is 30.5 Å². The highest BCUT2D eigenvalue weighted by atomic mass is 16.6. The molecule has 0 fully saturated rings. The Morgan fingerprint density at radius 3 is 2.62 bits per heavy atom. The molecule has 5 heteroatoms. The monoisotopic (exact) mass is 326 g/mol. The minimum Gasteiger partial charge on any atom is -0.436 e. The quantitative estimate of drug-likeness (QED) is 0.512. The summed E-state index contributed by atoms with van der Waals surface area (Å²) in [4.78, 5) is 16.6. The van der Waals surface area contributed by atoms with Crippen LogP contribution in [-0.2, 0) is 9.63 Å². The van der Waals surface area contributed by atoms with Crippen molar-refractivity contribution in [3.63, 3.8) is 0 Å². The molecule has 0 unspecified atom stereocenters. The Labute approximate surface area is 142 Å². The van der Waals surface area contributed by atoms with Crippen LogP contribution in [0.15, 0.2) is 47.6 Å². The number of oxime groups is 1. The number of para-hydroxylation sites is 1. The number of carbonyl (C=O) groups excluding carboxylic acids is 1. The molecular weight excluding hydrogens is 304 g/mol. The predicted octanol–water partition coefficient (Wildman–Crippen LogP) is 4.04. The van der Waals surface area contributed by atoms with Crippen molar-refractivity contribution in [1.29, 1.82) is 0 Å². The van der Waals surface area contributed by atoms with E-state index in [-0.39, 0.29) is 5.91 Å². The third-order valence-electron chi connectivity index (χ3n) is 3.30. The molecule has 0 aliphatic carbocycles. The van der Waals surface area contributed by atoms with Crippen LogP contribution in [0.2, 0.25) is 0 Å². The molecule has 0 saturated carbocycles. The van der Waals surface area contributed by atoms with Gasteiger partial charge in [-0.15, -0.1) is 0 Å². The fourth-order valence-corrected chi connectivity index (χ4v) is 2.14.